The van der Waals surface area contributed by atoms with Gasteiger partial charge in [0.25, 0.3) is 0 Å². The third-order valence-electron chi connectivity index (χ3n) is 3.11. The zero-order valence-corrected chi connectivity index (χ0v) is 11.0. The zero-order valence-electron chi connectivity index (χ0n) is 11.0. The number of Topliss-reactive ketones (excluding diaryl/α,β-unsaturated/α-hetero) is 1. The predicted molar refractivity (Wildman–Crippen MR) is 69.7 cm³/mol. The Balaban J connectivity index is 1.87. The van der Waals surface area contributed by atoms with Crippen LogP contribution in [0.15, 0.2) is 30.3 Å². The maximum absolute atomic E-state index is 11.8. The largest absolute Gasteiger partial charge is 0.466 e. The fraction of sp³-hybridized carbons (Fsp3) is 0.467. The van der Waals surface area contributed by atoms with E-state index in [4.69, 9.17) is 9.47 Å². The van der Waals surface area contributed by atoms with E-state index in [0.29, 0.717) is 19.4 Å². The second kappa shape index (κ2) is 6.48. The number of ketones is 1. The molecule has 2 rings (SSSR count). The Bertz CT molecular complexity index is 441. The molecule has 1 aromatic carbocycles. The molecule has 1 aliphatic heterocycles. The van der Waals surface area contributed by atoms with E-state index in [1.54, 1.807) is 6.92 Å². The predicted octanol–water partition coefficient (Wildman–Crippen LogP) is 1.91. The van der Waals surface area contributed by atoms with E-state index >= 15 is 0 Å². The quantitative estimate of drug-likeness (QED) is 0.761. The van der Waals surface area contributed by atoms with Crippen LogP contribution in [0.4, 0.5) is 0 Å². The van der Waals surface area contributed by atoms with Gasteiger partial charge >= 0.3 is 5.97 Å². The molecule has 2 unspecified atom stereocenters. The van der Waals surface area contributed by atoms with Crippen molar-refractivity contribution in [3.8, 4) is 0 Å². The summed E-state index contributed by atoms with van der Waals surface area (Å²) in [6, 6.07) is 9.89. The van der Waals surface area contributed by atoms with Gasteiger partial charge in [-0.05, 0) is 18.9 Å². The van der Waals surface area contributed by atoms with Crippen LogP contribution < -0.4 is 0 Å². The molecule has 0 aromatic heterocycles. The highest BCUT2D eigenvalue weighted by atomic mass is 16.5. The lowest BCUT2D eigenvalue weighted by molar-refractivity contribution is -0.148. The molecule has 0 bridgehead atoms. The second-order valence-electron chi connectivity index (χ2n) is 4.62. The van der Waals surface area contributed by atoms with Crippen molar-refractivity contribution >= 4 is 11.8 Å². The highest BCUT2D eigenvalue weighted by molar-refractivity contribution is 5.89. The van der Waals surface area contributed by atoms with Crippen molar-refractivity contribution in [1.29, 1.82) is 0 Å². The van der Waals surface area contributed by atoms with Gasteiger partial charge in [-0.2, -0.15) is 0 Å². The van der Waals surface area contributed by atoms with E-state index in [9.17, 15) is 9.59 Å². The molecular weight excluding hydrogens is 244 g/mol. The molecule has 1 fully saturated rings. The number of rotatable bonds is 5. The SMILES string of the molecule is CCOC(=O)CC1OC(Cc2ccccc2)CC1=O. The lowest BCUT2D eigenvalue weighted by Gasteiger charge is -2.12. The van der Waals surface area contributed by atoms with Crippen molar-refractivity contribution < 1.29 is 19.1 Å². The molecule has 19 heavy (non-hydrogen) atoms. The monoisotopic (exact) mass is 262 g/mol. The average Bonchev–Trinajstić information content (AvgIpc) is 2.71. The lowest BCUT2D eigenvalue weighted by Crippen LogP contribution is -2.22. The number of hydrogen-bond donors (Lipinski definition) is 0. The van der Waals surface area contributed by atoms with Gasteiger partial charge in [-0.25, -0.2) is 0 Å². The van der Waals surface area contributed by atoms with Gasteiger partial charge in [0, 0.05) is 6.42 Å². The molecule has 0 saturated carbocycles. The van der Waals surface area contributed by atoms with Crippen LogP contribution in [0.1, 0.15) is 25.3 Å². The van der Waals surface area contributed by atoms with Gasteiger partial charge in [-0.15, -0.1) is 0 Å². The molecule has 0 aliphatic carbocycles. The minimum absolute atomic E-state index is 0.00557. The molecule has 102 valence electrons. The van der Waals surface area contributed by atoms with Gasteiger partial charge in [-0.3, -0.25) is 9.59 Å². The van der Waals surface area contributed by atoms with Gasteiger partial charge in [0.05, 0.1) is 19.1 Å². The molecule has 2 atom stereocenters. The van der Waals surface area contributed by atoms with Gasteiger partial charge in [0.2, 0.25) is 0 Å². The van der Waals surface area contributed by atoms with Crippen molar-refractivity contribution in [2.75, 3.05) is 6.61 Å². The molecule has 1 aromatic rings. The number of esters is 1. The Labute approximate surface area is 112 Å². The summed E-state index contributed by atoms with van der Waals surface area (Å²) in [6.07, 6.45) is 0.338. The number of carbonyl (C=O) groups excluding carboxylic acids is 2. The number of ether oxygens (including phenoxy) is 2. The van der Waals surface area contributed by atoms with Crippen LogP contribution in [0.2, 0.25) is 0 Å². The maximum Gasteiger partial charge on any atom is 0.308 e. The molecule has 1 heterocycles. The van der Waals surface area contributed by atoms with Crippen molar-refractivity contribution in [3.63, 3.8) is 0 Å². The van der Waals surface area contributed by atoms with Crippen LogP contribution in [0.25, 0.3) is 0 Å². The normalized spacial score (nSPS) is 22.5. The summed E-state index contributed by atoms with van der Waals surface area (Å²) >= 11 is 0. The summed E-state index contributed by atoms with van der Waals surface area (Å²) in [7, 11) is 0. The first-order chi connectivity index (χ1) is 9.19. The van der Waals surface area contributed by atoms with Gasteiger partial charge in [-0.1, -0.05) is 30.3 Å². The smallest absolute Gasteiger partial charge is 0.308 e. The number of carbonyl (C=O) groups is 2. The van der Waals surface area contributed by atoms with Crippen molar-refractivity contribution in [2.24, 2.45) is 0 Å². The molecule has 4 nitrogen and oxygen atoms in total. The fourth-order valence-corrected chi connectivity index (χ4v) is 2.24. The Morgan fingerprint density at radius 3 is 2.79 bits per heavy atom. The van der Waals surface area contributed by atoms with Gasteiger partial charge < -0.3 is 9.47 Å². The topological polar surface area (TPSA) is 52.6 Å². The van der Waals surface area contributed by atoms with Crippen LogP contribution in [-0.4, -0.2) is 30.6 Å². The maximum atomic E-state index is 11.8. The van der Waals surface area contributed by atoms with Crippen molar-refractivity contribution in [3.05, 3.63) is 35.9 Å². The molecule has 0 radical (unpaired) electrons. The van der Waals surface area contributed by atoms with Crippen molar-refractivity contribution in [1.82, 2.24) is 0 Å². The highest BCUT2D eigenvalue weighted by Crippen LogP contribution is 2.22. The molecular formula is C15H18O4. The molecule has 1 aliphatic rings. The molecule has 0 N–H and O–H groups in total. The highest BCUT2D eigenvalue weighted by Gasteiger charge is 2.35. The van der Waals surface area contributed by atoms with E-state index in [-0.39, 0.29) is 24.3 Å². The summed E-state index contributed by atoms with van der Waals surface area (Å²) in [4.78, 5) is 23.1. The Morgan fingerprint density at radius 1 is 1.37 bits per heavy atom. The fourth-order valence-electron chi connectivity index (χ4n) is 2.24. The van der Waals surface area contributed by atoms with Crippen LogP contribution in [0.5, 0.6) is 0 Å². The first kappa shape index (κ1) is 13.7. The van der Waals surface area contributed by atoms with E-state index in [1.807, 2.05) is 30.3 Å². The summed E-state index contributed by atoms with van der Waals surface area (Å²) in [5, 5.41) is 0. The Kier molecular flexibility index (Phi) is 4.68. The second-order valence-corrected chi connectivity index (χ2v) is 4.62. The van der Waals surface area contributed by atoms with Crippen LogP contribution in [0, 0.1) is 0 Å². The zero-order chi connectivity index (χ0) is 13.7. The Hall–Kier alpha value is -1.68. The van der Waals surface area contributed by atoms with Crippen LogP contribution in [0.3, 0.4) is 0 Å². The number of benzene rings is 1. The third kappa shape index (κ3) is 3.89. The Morgan fingerprint density at radius 2 is 2.11 bits per heavy atom. The van der Waals surface area contributed by atoms with E-state index in [2.05, 4.69) is 0 Å². The summed E-state index contributed by atoms with van der Waals surface area (Å²) in [5.74, 6) is -0.379. The summed E-state index contributed by atoms with van der Waals surface area (Å²) < 4.78 is 10.5. The van der Waals surface area contributed by atoms with E-state index in [0.717, 1.165) is 5.56 Å². The van der Waals surface area contributed by atoms with E-state index in [1.165, 1.54) is 0 Å². The third-order valence-corrected chi connectivity index (χ3v) is 3.11. The standard InChI is InChI=1S/C15H18O4/c1-2-18-15(17)10-14-13(16)9-12(19-14)8-11-6-4-3-5-7-11/h3-7,12,14H,2,8-10H2,1H3. The van der Waals surface area contributed by atoms with Gasteiger partial charge in [0.15, 0.2) is 5.78 Å². The number of hydrogen-bond acceptors (Lipinski definition) is 4. The minimum Gasteiger partial charge on any atom is -0.466 e. The molecule has 0 amide bonds. The van der Waals surface area contributed by atoms with Crippen molar-refractivity contribution in [2.45, 2.75) is 38.4 Å². The average molecular weight is 262 g/mol. The first-order valence-electron chi connectivity index (χ1n) is 6.56. The molecule has 1 saturated heterocycles. The summed E-state index contributed by atoms with van der Waals surface area (Å²) in [5.41, 5.74) is 1.14. The molecule has 4 heteroatoms. The molecule has 0 spiro atoms. The van der Waals surface area contributed by atoms with Gasteiger partial charge in [0.1, 0.15) is 6.10 Å². The van der Waals surface area contributed by atoms with E-state index < -0.39 is 6.10 Å². The van der Waals surface area contributed by atoms with Crippen LogP contribution in [-0.2, 0) is 25.5 Å². The van der Waals surface area contributed by atoms with Crippen LogP contribution >= 0.6 is 0 Å². The first-order valence-corrected chi connectivity index (χ1v) is 6.56. The lowest BCUT2D eigenvalue weighted by atomic mass is 10.0. The minimum atomic E-state index is -0.632. The summed E-state index contributed by atoms with van der Waals surface area (Å²) in [6.45, 7) is 2.07.